The van der Waals surface area contributed by atoms with E-state index in [9.17, 15) is 14.4 Å². The second kappa shape index (κ2) is 50.0. The zero-order valence-electron chi connectivity index (χ0n) is 40.1. The molecule has 0 saturated heterocycles. The van der Waals surface area contributed by atoms with Crippen LogP contribution in [-0.2, 0) is 28.6 Å². The van der Waals surface area contributed by atoms with E-state index in [1.165, 1.54) is 83.5 Å². The van der Waals surface area contributed by atoms with E-state index >= 15 is 0 Å². The number of hydrogen-bond donors (Lipinski definition) is 0. The van der Waals surface area contributed by atoms with Gasteiger partial charge in [0.15, 0.2) is 6.10 Å². The van der Waals surface area contributed by atoms with Gasteiger partial charge in [0.2, 0.25) is 0 Å². The van der Waals surface area contributed by atoms with Gasteiger partial charge in [0.25, 0.3) is 0 Å². The first-order valence-electron chi connectivity index (χ1n) is 25.3. The Kier molecular flexibility index (Phi) is 47.0. The Morgan fingerprint density at radius 1 is 0.339 bits per heavy atom. The first-order valence-corrected chi connectivity index (χ1v) is 25.3. The second-order valence-corrected chi connectivity index (χ2v) is 16.4. The maximum absolute atomic E-state index is 12.8. The van der Waals surface area contributed by atoms with Crippen LogP contribution in [0.1, 0.15) is 220 Å². The predicted octanol–water partition coefficient (Wildman–Crippen LogP) is 16.6. The Morgan fingerprint density at radius 3 is 1.15 bits per heavy atom. The summed E-state index contributed by atoms with van der Waals surface area (Å²) >= 11 is 0. The molecule has 0 bridgehead atoms. The standard InChI is InChI=1S/C56H92O6/c1-4-7-10-13-16-19-22-24-26-28-30-31-34-37-40-43-46-49-55(58)61-52-53(51-60-54(57)48-45-42-39-36-33-21-18-15-12-9-6-3)62-56(59)50-47-44-41-38-35-32-29-27-25-23-20-17-14-11-8-5-2/h15-16,18-19,21,24,26-27,29-33,35,37,40,53H,4-14,17,20,22-23,25,28,34,36,38-39,41-52H2,1-3H3/b18-15-,19-16-,26-24-,29-27-,31-30-,33-21-,35-32-,40-37-. The highest BCUT2D eigenvalue weighted by molar-refractivity contribution is 5.71. The highest BCUT2D eigenvalue weighted by Gasteiger charge is 2.19. The summed E-state index contributed by atoms with van der Waals surface area (Å²) in [6.45, 7) is 6.44. The molecule has 62 heavy (non-hydrogen) atoms. The third-order valence-corrected chi connectivity index (χ3v) is 10.3. The van der Waals surface area contributed by atoms with Gasteiger partial charge in [0.05, 0.1) is 0 Å². The fraction of sp³-hybridized carbons (Fsp3) is 0.661. The van der Waals surface area contributed by atoms with Gasteiger partial charge in [-0.05, 0) is 103 Å². The number of unbranched alkanes of at least 4 members (excludes halogenated alkanes) is 19. The Balaban J connectivity index is 4.55. The van der Waals surface area contributed by atoms with Gasteiger partial charge in [-0.2, -0.15) is 0 Å². The summed E-state index contributed by atoms with van der Waals surface area (Å²) in [4.78, 5) is 37.9. The number of carbonyl (C=O) groups excluding carboxylic acids is 3. The van der Waals surface area contributed by atoms with E-state index in [1.807, 2.05) is 0 Å². The average Bonchev–Trinajstić information content (AvgIpc) is 3.27. The van der Waals surface area contributed by atoms with Gasteiger partial charge >= 0.3 is 17.9 Å². The predicted molar refractivity (Wildman–Crippen MR) is 265 cm³/mol. The van der Waals surface area contributed by atoms with Crippen LogP contribution in [0.5, 0.6) is 0 Å². The number of rotatable bonds is 44. The van der Waals surface area contributed by atoms with Crippen molar-refractivity contribution >= 4 is 17.9 Å². The lowest BCUT2D eigenvalue weighted by molar-refractivity contribution is -0.167. The van der Waals surface area contributed by atoms with E-state index in [0.29, 0.717) is 12.8 Å². The van der Waals surface area contributed by atoms with Crippen LogP contribution in [0, 0.1) is 0 Å². The second-order valence-electron chi connectivity index (χ2n) is 16.4. The molecule has 1 atom stereocenters. The third kappa shape index (κ3) is 47.4. The number of allylic oxidation sites excluding steroid dienone is 16. The van der Waals surface area contributed by atoms with Crippen molar-refractivity contribution in [3.05, 3.63) is 97.2 Å². The van der Waals surface area contributed by atoms with Crippen LogP contribution in [0.15, 0.2) is 97.2 Å². The molecule has 0 aliphatic rings. The molecule has 0 fully saturated rings. The molecule has 0 spiro atoms. The molecular weight excluding hydrogens is 769 g/mol. The quantitative estimate of drug-likeness (QED) is 0.0200. The monoisotopic (exact) mass is 861 g/mol. The van der Waals surface area contributed by atoms with Crippen molar-refractivity contribution in [1.29, 1.82) is 0 Å². The molecule has 0 heterocycles. The zero-order chi connectivity index (χ0) is 45.1. The van der Waals surface area contributed by atoms with Crippen LogP contribution in [0.2, 0.25) is 0 Å². The van der Waals surface area contributed by atoms with Crippen LogP contribution < -0.4 is 0 Å². The maximum atomic E-state index is 12.8. The number of hydrogen-bond acceptors (Lipinski definition) is 6. The normalized spacial score (nSPS) is 12.9. The van der Waals surface area contributed by atoms with Crippen molar-refractivity contribution in [2.24, 2.45) is 0 Å². The van der Waals surface area contributed by atoms with Crippen LogP contribution in [-0.4, -0.2) is 37.2 Å². The number of esters is 3. The average molecular weight is 861 g/mol. The van der Waals surface area contributed by atoms with Gasteiger partial charge in [0, 0.05) is 19.3 Å². The molecule has 0 aliphatic heterocycles. The van der Waals surface area contributed by atoms with E-state index in [0.717, 1.165) is 89.9 Å². The Bertz CT molecular complexity index is 1260. The van der Waals surface area contributed by atoms with E-state index in [-0.39, 0.29) is 44.0 Å². The van der Waals surface area contributed by atoms with Crippen LogP contribution in [0.3, 0.4) is 0 Å². The van der Waals surface area contributed by atoms with E-state index in [1.54, 1.807) is 0 Å². The Hall–Kier alpha value is -3.67. The fourth-order valence-corrected chi connectivity index (χ4v) is 6.46. The molecule has 0 rings (SSSR count). The van der Waals surface area contributed by atoms with Gasteiger partial charge in [-0.25, -0.2) is 0 Å². The lowest BCUT2D eigenvalue weighted by Crippen LogP contribution is -2.30. The zero-order valence-corrected chi connectivity index (χ0v) is 40.1. The molecule has 0 radical (unpaired) electrons. The van der Waals surface area contributed by atoms with Crippen molar-refractivity contribution in [2.45, 2.75) is 226 Å². The molecule has 0 aromatic heterocycles. The molecule has 0 amide bonds. The third-order valence-electron chi connectivity index (χ3n) is 10.3. The summed E-state index contributed by atoms with van der Waals surface area (Å²) < 4.78 is 16.7. The minimum Gasteiger partial charge on any atom is -0.462 e. The molecule has 0 aliphatic carbocycles. The molecule has 1 unspecified atom stereocenters. The highest BCUT2D eigenvalue weighted by atomic mass is 16.6. The van der Waals surface area contributed by atoms with Crippen LogP contribution in [0.4, 0.5) is 0 Å². The fourth-order valence-electron chi connectivity index (χ4n) is 6.46. The van der Waals surface area contributed by atoms with Gasteiger partial charge in [-0.1, -0.05) is 195 Å². The van der Waals surface area contributed by atoms with Gasteiger partial charge in [0.1, 0.15) is 13.2 Å². The minimum absolute atomic E-state index is 0.121. The lowest BCUT2D eigenvalue weighted by atomic mass is 10.1. The maximum Gasteiger partial charge on any atom is 0.306 e. The molecule has 0 aromatic rings. The van der Waals surface area contributed by atoms with Crippen molar-refractivity contribution in [2.75, 3.05) is 13.2 Å². The smallest absolute Gasteiger partial charge is 0.306 e. The lowest BCUT2D eigenvalue weighted by Gasteiger charge is -2.18. The van der Waals surface area contributed by atoms with Gasteiger partial charge in [-0.3, -0.25) is 14.4 Å². The summed E-state index contributed by atoms with van der Waals surface area (Å²) in [5.41, 5.74) is 0. The van der Waals surface area contributed by atoms with Crippen LogP contribution >= 0.6 is 0 Å². The van der Waals surface area contributed by atoms with E-state index in [4.69, 9.17) is 14.2 Å². The summed E-state index contributed by atoms with van der Waals surface area (Å²) in [7, 11) is 0. The molecule has 6 heteroatoms. The number of carbonyl (C=O) groups is 3. The molecular formula is C56H92O6. The first kappa shape index (κ1) is 58.3. The summed E-state index contributed by atoms with van der Waals surface area (Å²) in [6, 6.07) is 0. The van der Waals surface area contributed by atoms with E-state index in [2.05, 4.69) is 118 Å². The van der Waals surface area contributed by atoms with Crippen molar-refractivity contribution in [1.82, 2.24) is 0 Å². The first-order chi connectivity index (χ1) is 30.5. The van der Waals surface area contributed by atoms with Crippen molar-refractivity contribution in [3.8, 4) is 0 Å². The minimum atomic E-state index is -0.824. The molecule has 0 saturated carbocycles. The van der Waals surface area contributed by atoms with Crippen molar-refractivity contribution in [3.63, 3.8) is 0 Å². The Labute approximate surface area is 381 Å². The van der Waals surface area contributed by atoms with Gasteiger partial charge < -0.3 is 14.2 Å². The number of ether oxygens (including phenoxy) is 3. The molecule has 6 nitrogen and oxygen atoms in total. The molecule has 0 aromatic carbocycles. The largest absolute Gasteiger partial charge is 0.462 e. The summed E-state index contributed by atoms with van der Waals surface area (Å²) in [5, 5.41) is 0. The highest BCUT2D eigenvalue weighted by Crippen LogP contribution is 2.11. The van der Waals surface area contributed by atoms with Crippen molar-refractivity contribution < 1.29 is 28.6 Å². The summed E-state index contributed by atoms with van der Waals surface area (Å²) in [6.07, 6.45) is 65.4. The Morgan fingerprint density at radius 2 is 0.661 bits per heavy atom. The molecule has 0 N–H and O–H groups in total. The SMILES string of the molecule is CCCC/C=C\C=C/CCCCCC(=O)OCC(COC(=O)CCC/C=C\C/C=C\C/C=C\C/C=C\CCCCC)OC(=O)CCCCC/C=C\C=C/CCCCCCCCC. The molecule has 352 valence electrons. The van der Waals surface area contributed by atoms with Crippen LogP contribution in [0.25, 0.3) is 0 Å². The van der Waals surface area contributed by atoms with E-state index < -0.39 is 6.10 Å². The topological polar surface area (TPSA) is 78.9 Å². The summed E-state index contributed by atoms with van der Waals surface area (Å²) in [5.74, 6) is -1.04. The van der Waals surface area contributed by atoms with Gasteiger partial charge in [-0.15, -0.1) is 0 Å².